The average Bonchev–Trinajstić information content (AvgIpc) is 2.67. The van der Waals surface area contributed by atoms with Gasteiger partial charge in [-0.2, -0.15) is 0 Å². The van der Waals surface area contributed by atoms with Gasteiger partial charge in [-0.1, -0.05) is 24.3 Å². The van der Waals surface area contributed by atoms with Crippen LogP contribution in [0.2, 0.25) is 0 Å². The number of ether oxygens (including phenoxy) is 3. The van der Waals surface area contributed by atoms with Gasteiger partial charge in [0.05, 0.1) is 27.8 Å². The molecule has 1 N–H and O–H groups in total. The molecule has 0 radical (unpaired) electrons. The molecule has 140 valence electrons. The Hall–Kier alpha value is -2.69. The minimum absolute atomic E-state index is 0.00881. The fourth-order valence-electron chi connectivity index (χ4n) is 2.82. The van der Waals surface area contributed by atoms with Crippen molar-refractivity contribution in [3.63, 3.8) is 0 Å². The number of carbonyl (C=O) groups is 1. The van der Waals surface area contributed by atoms with E-state index < -0.39 is 0 Å². The fourth-order valence-corrected chi connectivity index (χ4v) is 2.82. The number of para-hydroxylation sites is 1. The van der Waals surface area contributed by atoms with Gasteiger partial charge in [-0.25, -0.2) is 0 Å². The van der Waals surface area contributed by atoms with E-state index in [4.69, 9.17) is 14.2 Å². The van der Waals surface area contributed by atoms with Gasteiger partial charge in [0.2, 0.25) is 5.91 Å². The van der Waals surface area contributed by atoms with E-state index >= 15 is 0 Å². The third kappa shape index (κ3) is 5.69. The third-order valence-corrected chi connectivity index (χ3v) is 4.20. The summed E-state index contributed by atoms with van der Waals surface area (Å²) in [7, 11) is 4.87. The van der Waals surface area contributed by atoms with E-state index in [-0.39, 0.29) is 5.91 Å². The molecule has 0 saturated heterocycles. The van der Waals surface area contributed by atoms with Crippen LogP contribution in [0.5, 0.6) is 17.2 Å². The Labute approximate surface area is 155 Å². The van der Waals surface area contributed by atoms with Crippen molar-refractivity contribution >= 4 is 5.91 Å². The van der Waals surface area contributed by atoms with Crippen molar-refractivity contribution in [1.29, 1.82) is 0 Å². The highest BCUT2D eigenvalue weighted by Crippen LogP contribution is 2.27. The number of aryl methyl sites for hydroxylation is 1. The number of hydrogen-bond acceptors (Lipinski definition) is 4. The highest BCUT2D eigenvalue weighted by molar-refractivity contribution is 5.78. The molecule has 2 rings (SSSR count). The zero-order valence-electron chi connectivity index (χ0n) is 15.7. The van der Waals surface area contributed by atoms with Crippen LogP contribution in [0.15, 0.2) is 42.5 Å². The van der Waals surface area contributed by atoms with Crippen molar-refractivity contribution in [2.24, 2.45) is 0 Å². The molecule has 0 saturated carbocycles. The van der Waals surface area contributed by atoms with Crippen molar-refractivity contribution in [1.82, 2.24) is 5.32 Å². The van der Waals surface area contributed by atoms with Crippen molar-refractivity contribution in [2.45, 2.75) is 25.7 Å². The molecule has 0 fully saturated rings. The summed E-state index contributed by atoms with van der Waals surface area (Å²) in [5.74, 6) is 2.22. The first-order valence-corrected chi connectivity index (χ1v) is 8.77. The quantitative estimate of drug-likeness (QED) is 0.662. The lowest BCUT2D eigenvalue weighted by atomic mass is 10.1. The van der Waals surface area contributed by atoms with Crippen LogP contribution in [0.3, 0.4) is 0 Å². The van der Waals surface area contributed by atoms with Gasteiger partial charge < -0.3 is 19.5 Å². The van der Waals surface area contributed by atoms with E-state index in [1.54, 1.807) is 21.3 Å². The molecule has 0 bridgehead atoms. The van der Waals surface area contributed by atoms with Crippen molar-refractivity contribution in [2.75, 3.05) is 27.9 Å². The Bertz CT molecular complexity index is 715. The average molecular weight is 357 g/mol. The molecule has 26 heavy (non-hydrogen) atoms. The fraction of sp³-hybridized carbons (Fsp3) is 0.381. The number of carbonyl (C=O) groups excluding carboxylic acids is 1. The van der Waals surface area contributed by atoms with E-state index in [0.717, 1.165) is 30.6 Å². The van der Waals surface area contributed by atoms with Gasteiger partial charge in [0.1, 0.15) is 5.75 Å². The Morgan fingerprint density at radius 1 is 0.885 bits per heavy atom. The van der Waals surface area contributed by atoms with Crippen LogP contribution in [0.4, 0.5) is 0 Å². The van der Waals surface area contributed by atoms with Crippen LogP contribution >= 0.6 is 0 Å². The van der Waals surface area contributed by atoms with E-state index in [1.807, 2.05) is 36.4 Å². The number of nitrogens with one attached hydrogen (secondary N) is 1. The molecule has 1 amide bonds. The normalized spacial score (nSPS) is 10.3. The molecule has 5 heteroatoms. The number of hydrogen-bond donors (Lipinski definition) is 1. The summed E-state index contributed by atoms with van der Waals surface area (Å²) < 4.78 is 15.8. The van der Waals surface area contributed by atoms with Gasteiger partial charge in [-0.05, 0) is 48.6 Å². The predicted molar refractivity (Wildman–Crippen MR) is 102 cm³/mol. The first kappa shape index (κ1) is 19.6. The van der Waals surface area contributed by atoms with E-state index in [1.165, 1.54) is 5.56 Å². The van der Waals surface area contributed by atoms with E-state index in [2.05, 4.69) is 11.4 Å². The second-order valence-corrected chi connectivity index (χ2v) is 5.99. The lowest BCUT2D eigenvalue weighted by Gasteiger charge is -2.10. The van der Waals surface area contributed by atoms with Gasteiger partial charge in [-0.15, -0.1) is 0 Å². The largest absolute Gasteiger partial charge is 0.496 e. The summed E-state index contributed by atoms with van der Waals surface area (Å²) >= 11 is 0. The molecular formula is C21H27NO4. The van der Waals surface area contributed by atoms with Crippen molar-refractivity contribution < 1.29 is 19.0 Å². The molecule has 2 aromatic carbocycles. The SMILES string of the molecule is COc1ccccc1CCCCNC(=O)Cc1ccc(OC)c(OC)c1. The van der Waals surface area contributed by atoms with Gasteiger partial charge in [0.15, 0.2) is 11.5 Å². The monoisotopic (exact) mass is 357 g/mol. The van der Waals surface area contributed by atoms with Gasteiger partial charge in [0.25, 0.3) is 0 Å². The third-order valence-electron chi connectivity index (χ3n) is 4.20. The molecule has 5 nitrogen and oxygen atoms in total. The molecule has 0 heterocycles. The predicted octanol–water partition coefficient (Wildman–Crippen LogP) is 3.39. The summed E-state index contributed by atoms with van der Waals surface area (Å²) in [6.07, 6.45) is 3.19. The first-order valence-electron chi connectivity index (χ1n) is 8.77. The van der Waals surface area contributed by atoms with Gasteiger partial charge >= 0.3 is 0 Å². The van der Waals surface area contributed by atoms with Gasteiger partial charge in [0, 0.05) is 6.54 Å². The summed E-state index contributed by atoms with van der Waals surface area (Å²) in [5, 5.41) is 2.97. The molecule has 0 unspecified atom stereocenters. The number of unbranched alkanes of at least 4 members (excludes halogenated alkanes) is 1. The number of amides is 1. The summed E-state index contributed by atoms with van der Waals surface area (Å²) in [4.78, 5) is 12.1. The Balaban J connectivity index is 1.72. The number of rotatable bonds is 10. The Morgan fingerprint density at radius 2 is 1.62 bits per heavy atom. The molecule has 0 aliphatic heterocycles. The van der Waals surface area contributed by atoms with Crippen LogP contribution in [0.1, 0.15) is 24.0 Å². The highest BCUT2D eigenvalue weighted by Gasteiger charge is 2.08. The second kappa shape index (κ2) is 10.3. The van der Waals surface area contributed by atoms with Gasteiger partial charge in [-0.3, -0.25) is 4.79 Å². The maximum absolute atomic E-state index is 12.1. The lowest BCUT2D eigenvalue weighted by molar-refractivity contribution is -0.120. The standard InChI is InChI=1S/C21H27NO4/c1-24-18-10-5-4-8-17(18)9-6-7-13-22-21(23)15-16-11-12-19(25-2)20(14-16)26-3/h4-5,8,10-12,14H,6-7,9,13,15H2,1-3H3,(H,22,23). The maximum atomic E-state index is 12.1. The van der Waals surface area contributed by atoms with Crippen LogP contribution < -0.4 is 19.5 Å². The molecule has 0 spiro atoms. The molecule has 0 atom stereocenters. The van der Waals surface area contributed by atoms with Crippen molar-refractivity contribution in [3.8, 4) is 17.2 Å². The highest BCUT2D eigenvalue weighted by atomic mass is 16.5. The number of benzene rings is 2. The molecular weight excluding hydrogens is 330 g/mol. The van der Waals surface area contributed by atoms with E-state index in [9.17, 15) is 4.79 Å². The minimum Gasteiger partial charge on any atom is -0.496 e. The molecule has 0 aliphatic carbocycles. The van der Waals surface area contributed by atoms with Crippen LogP contribution in [-0.4, -0.2) is 33.8 Å². The second-order valence-electron chi connectivity index (χ2n) is 5.99. The maximum Gasteiger partial charge on any atom is 0.224 e. The van der Waals surface area contributed by atoms with Crippen LogP contribution in [-0.2, 0) is 17.6 Å². The minimum atomic E-state index is 0.00881. The summed E-state index contributed by atoms with van der Waals surface area (Å²) in [6.45, 7) is 0.668. The molecule has 0 aromatic heterocycles. The molecule has 2 aromatic rings. The molecule has 0 aliphatic rings. The number of methoxy groups -OCH3 is 3. The Morgan fingerprint density at radius 3 is 2.35 bits per heavy atom. The Kier molecular flexibility index (Phi) is 7.80. The zero-order chi connectivity index (χ0) is 18.8. The van der Waals surface area contributed by atoms with Crippen LogP contribution in [0.25, 0.3) is 0 Å². The lowest BCUT2D eigenvalue weighted by Crippen LogP contribution is -2.26. The van der Waals surface area contributed by atoms with Crippen LogP contribution in [0, 0.1) is 0 Å². The topological polar surface area (TPSA) is 56.8 Å². The van der Waals surface area contributed by atoms with Crippen molar-refractivity contribution in [3.05, 3.63) is 53.6 Å². The summed E-state index contributed by atoms with van der Waals surface area (Å²) in [6, 6.07) is 13.6. The summed E-state index contributed by atoms with van der Waals surface area (Å²) in [5.41, 5.74) is 2.10. The zero-order valence-corrected chi connectivity index (χ0v) is 15.7. The van der Waals surface area contributed by atoms with E-state index in [0.29, 0.717) is 24.5 Å². The smallest absolute Gasteiger partial charge is 0.224 e. The first-order chi connectivity index (χ1) is 12.7.